The van der Waals surface area contributed by atoms with Crippen LogP contribution >= 0.6 is 0 Å². The lowest BCUT2D eigenvalue weighted by Gasteiger charge is -2.32. The fourth-order valence-electron chi connectivity index (χ4n) is 3.49. The summed E-state index contributed by atoms with van der Waals surface area (Å²) in [5.74, 6) is 2.13. The van der Waals surface area contributed by atoms with Gasteiger partial charge < -0.3 is 24.5 Å². The van der Waals surface area contributed by atoms with E-state index in [0.29, 0.717) is 49.9 Å². The van der Waals surface area contributed by atoms with Gasteiger partial charge in [-0.1, -0.05) is 6.92 Å². The van der Waals surface area contributed by atoms with Gasteiger partial charge >= 0.3 is 0 Å². The molecule has 1 aliphatic rings. The van der Waals surface area contributed by atoms with E-state index < -0.39 is 12.0 Å². The number of ether oxygens (including phenoxy) is 2. The van der Waals surface area contributed by atoms with Gasteiger partial charge in [-0.25, -0.2) is 14.4 Å². The molecule has 0 spiro atoms. The summed E-state index contributed by atoms with van der Waals surface area (Å²) in [5, 5.41) is 20.7. The van der Waals surface area contributed by atoms with Gasteiger partial charge in [0.05, 0.1) is 12.1 Å². The molecule has 1 atom stereocenters. The van der Waals surface area contributed by atoms with E-state index in [1.54, 1.807) is 12.1 Å². The van der Waals surface area contributed by atoms with Crippen LogP contribution in [0, 0.1) is 0 Å². The van der Waals surface area contributed by atoms with Crippen LogP contribution in [0.3, 0.4) is 0 Å². The maximum absolute atomic E-state index is 13.0. The molecular weight excluding hydrogens is 379 g/mol. The van der Waals surface area contributed by atoms with Gasteiger partial charge in [0.2, 0.25) is 12.2 Å². The Balaban J connectivity index is 1.61. The molecule has 3 N–H and O–H groups in total. The topological polar surface area (TPSA) is 110 Å². The van der Waals surface area contributed by atoms with Crippen LogP contribution in [0.25, 0.3) is 11.2 Å². The number of aromatic nitrogens is 5. The Morgan fingerprint density at radius 1 is 1.38 bits per heavy atom. The van der Waals surface area contributed by atoms with Gasteiger partial charge in [0.15, 0.2) is 5.65 Å². The van der Waals surface area contributed by atoms with Crippen molar-refractivity contribution in [3.05, 3.63) is 24.0 Å². The van der Waals surface area contributed by atoms with Gasteiger partial charge in [0.25, 0.3) is 0 Å². The molecule has 0 aromatic carbocycles. The lowest BCUT2D eigenvalue weighted by atomic mass is 9.94. The third-order valence-corrected chi connectivity index (χ3v) is 4.96. The fourth-order valence-corrected chi connectivity index (χ4v) is 3.49. The fraction of sp³-hybridized carbons (Fsp3) is 0.526. The summed E-state index contributed by atoms with van der Waals surface area (Å²) in [6.45, 7) is 4.83. The number of anilines is 2. The standard InChI is InChI=1S/C19H25FN6O3/c1-3-16-21-13-4-5-14(22-15-10-17(25-24-15)29-12(2)20)23-18(13)26(16)11-19(27)6-8-28-9-7-19/h4-5,10,12,27H,3,6-9,11H2,1-2H3,(H2,22,23,24,25). The van der Waals surface area contributed by atoms with Crippen molar-refractivity contribution in [1.29, 1.82) is 0 Å². The van der Waals surface area contributed by atoms with Gasteiger partial charge in [-0.05, 0) is 12.1 Å². The minimum atomic E-state index is -1.45. The molecule has 156 valence electrons. The summed E-state index contributed by atoms with van der Waals surface area (Å²) < 4.78 is 25.2. The zero-order chi connectivity index (χ0) is 20.4. The predicted octanol–water partition coefficient (Wildman–Crippen LogP) is 2.70. The molecule has 0 saturated carbocycles. The third-order valence-electron chi connectivity index (χ3n) is 4.96. The van der Waals surface area contributed by atoms with Gasteiger partial charge in [0.1, 0.15) is 23.0 Å². The molecule has 10 heteroatoms. The third kappa shape index (κ3) is 4.33. The number of aryl methyl sites for hydroxylation is 1. The molecule has 1 saturated heterocycles. The minimum Gasteiger partial charge on any atom is -0.442 e. The van der Waals surface area contributed by atoms with E-state index in [0.717, 1.165) is 17.8 Å². The zero-order valence-corrected chi connectivity index (χ0v) is 16.5. The van der Waals surface area contributed by atoms with Crippen LogP contribution in [-0.4, -0.2) is 55.0 Å². The number of aliphatic hydroxyl groups is 1. The van der Waals surface area contributed by atoms with Crippen LogP contribution in [-0.2, 0) is 17.7 Å². The number of hydrogen-bond donors (Lipinski definition) is 3. The van der Waals surface area contributed by atoms with Crippen LogP contribution in [0.4, 0.5) is 16.0 Å². The summed E-state index contributed by atoms with van der Waals surface area (Å²) in [6.07, 6.45) is 0.447. The number of halogens is 1. The molecule has 0 aliphatic carbocycles. The summed E-state index contributed by atoms with van der Waals surface area (Å²) in [5.41, 5.74) is 0.627. The van der Waals surface area contributed by atoms with E-state index in [-0.39, 0.29) is 5.88 Å². The number of aromatic amines is 1. The lowest BCUT2D eigenvalue weighted by molar-refractivity contribution is -0.0726. The normalized spacial score (nSPS) is 17.4. The number of fused-ring (bicyclic) bond motifs is 1. The molecule has 1 aliphatic heterocycles. The van der Waals surface area contributed by atoms with E-state index in [4.69, 9.17) is 14.5 Å². The summed E-state index contributed by atoms with van der Waals surface area (Å²) in [6, 6.07) is 5.24. The second-order valence-corrected chi connectivity index (χ2v) is 7.25. The monoisotopic (exact) mass is 404 g/mol. The van der Waals surface area contributed by atoms with Crippen LogP contribution in [0.15, 0.2) is 18.2 Å². The molecule has 0 radical (unpaired) electrons. The SMILES string of the molecule is CCc1nc2ccc(Nc3cc(OC(C)F)n[nH]3)nc2n1CC1(O)CCOCC1. The maximum Gasteiger partial charge on any atom is 0.237 e. The quantitative estimate of drug-likeness (QED) is 0.555. The molecule has 4 rings (SSSR count). The molecule has 1 fully saturated rings. The Morgan fingerprint density at radius 2 is 2.17 bits per heavy atom. The lowest BCUT2D eigenvalue weighted by Crippen LogP contribution is -2.40. The van der Waals surface area contributed by atoms with E-state index in [1.165, 1.54) is 6.92 Å². The van der Waals surface area contributed by atoms with E-state index in [2.05, 4.69) is 20.5 Å². The number of imidazole rings is 1. The van der Waals surface area contributed by atoms with Crippen LogP contribution < -0.4 is 10.1 Å². The maximum atomic E-state index is 13.0. The number of pyridine rings is 1. The van der Waals surface area contributed by atoms with Gasteiger partial charge in [0, 0.05) is 45.5 Å². The van der Waals surface area contributed by atoms with E-state index in [1.807, 2.05) is 17.6 Å². The smallest absolute Gasteiger partial charge is 0.237 e. The highest BCUT2D eigenvalue weighted by molar-refractivity contribution is 5.75. The number of H-pyrrole nitrogens is 1. The number of nitrogens with one attached hydrogen (secondary N) is 2. The number of alkyl halides is 1. The predicted molar refractivity (Wildman–Crippen MR) is 105 cm³/mol. The van der Waals surface area contributed by atoms with Crippen LogP contribution in [0.2, 0.25) is 0 Å². The Kier molecular flexibility index (Phi) is 5.37. The van der Waals surface area contributed by atoms with Crippen LogP contribution in [0.1, 0.15) is 32.5 Å². The van der Waals surface area contributed by atoms with E-state index >= 15 is 0 Å². The van der Waals surface area contributed by atoms with E-state index in [9.17, 15) is 9.50 Å². The molecular formula is C19H25FN6O3. The molecule has 9 nitrogen and oxygen atoms in total. The molecule has 1 unspecified atom stereocenters. The Morgan fingerprint density at radius 3 is 2.90 bits per heavy atom. The second kappa shape index (κ2) is 7.96. The molecule has 0 amide bonds. The largest absolute Gasteiger partial charge is 0.442 e. The van der Waals surface area contributed by atoms with Gasteiger partial charge in [-0.15, -0.1) is 5.10 Å². The van der Waals surface area contributed by atoms with Crippen molar-refractivity contribution >= 4 is 22.8 Å². The van der Waals surface area contributed by atoms with Crippen molar-refractivity contribution in [1.82, 2.24) is 24.7 Å². The first-order chi connectivity index (χ1) is 14.0. The highest BCUT2D eigenvalue weighted by Gasteiger charge is 2.31. The first kappa shape index (κ1) is 19.6. The van der Waals surface area contributed by atoms with Gasteiger partial charge in [-0.2, -0.15) is 0 Å². The highest BCUT2D eigenvalue weighted by Crippen LogP contribution is 2.27. The number of nitrogens with zero attached hydrogens (tertiary/aromatic N) is 4. The summed E-state index contributed by atoms with van der Waals surface area (Å²) >= 11 is 0. The minimum absolute atomic E-state index is 0.156. The zero-order valence-electron chi connectivity index (χ0n) is 16.5. The Bertz CT molecular complexity index is 980. The Hall–Kier alpha value is -2.72. The van der Waals surface area contributed by atoms with Crippen molar-refractivity contribution < 1.29 is 19.0 Å². The number of hydrogen-bond acceptors (Lipinski definition) is 7. The first-order valence-electron chi connectivity index (χ1n) is 9.75. The van der Waals surface area contributed by atoms with Crippen molar-refractivity contribution in [2.75, 3.05) is 18.5 Å². The first-order valence-corrected chi connectivity index (χ1v) is 9.75. The van der Waals surface area contributed by atoms with Crippen molar-refractivity contribution in [2.24, 2.45) is 0 Å². The molecule has 3 aromatic heterocycles. The molecule has 0 bridgehead atoms. The van der Waals surface area contributed by atoms with Crippen molar-refractivity contribution in [3.63, 3.8) is 0 Å². The number of rotatable bonds is 7. The van der Waals surface area contributed by atoms with Gasteiger partial charge in [-0.3, -0.25) is 5.10 Å². The average molecular weight is 404 g/mol. The summed E-state index contributed by atoms with van der Waals surface area (Å²) in [7, 11) is 0. The molecule has 3 aromatic rings. The van der Waals surface area contributed by atoms with Crippen molar-refractivity contribution in [3.8, 4) is 5.88 Å². The average Bonchev–Trinajstić information content (AvgIpc) is 3.26. The van der Waals surface area contributed by atoms with Crippen LogP contribution in [0.5, 0.6) is 5.88 Å². The second-order valence-electron chi connectivity index (χ2n) is 7.25. The molecule has 29 heavy (non-hydrogen) atoms. The highest BCUT2D eigenvalue weighted by atomic mass is 19.1. The molecule has 4 heterocycles. The Labute approximate surface area is 167 Å². The van der Waals surface area contributed by atoms with Crippen molar-refractivity contribution in [2.45, 2.75) is 51.6 Å². The summed E-state index contributed by atoms with van der Waals surface area (Å²) in [4.78, 5) is 9.35.